The lowest BCUT2D eigenvalue weighted by Crippen LogP contribution is -2.10. The van der Waals surface area contributed by atoms with E-state index in [0.29, 0.717) is 30.3 Å². The van der Waals surface area contributed by atoms with Gasteiger partial charge in [0.15, 0.2) is 11.5 Å². The molecule has 0 spiro atoms. The maximum atomic E-state index is 12.0. The van der Waals surface area contributed by atoms with Crippen LogP contribution in [-0.2, 0) is 4.79 Å². The Morgan fingerprint density at radius 1 is 1.04 bits per heavy atom. The summed E-state index contributed by atoms with van der Waals surface area (Å²) in [5, 5.41) is 8.57. The van der Waals surface area contributed by atoms with E-state index in [1.54, 1.807) is 31.4 Å². The number of benzene rings is 2. The van der Waals surface area contributed by atoms with Crippen LogP contribution in [0, 0.1) is 11.3 Å². The summed E-state index contributed by atoms with van der Waals surface area (Å²) in [6.07, 6.45) is 3.75. The van der Waals surface area contributed by atoms with Crippen molar-refractivity contribution in [3.63, 3.8) is 0 Å². The van der Waals surface area contributed by atoms with Gasteiger partial charge in [0.2, 0.25) is 0 Å². The Bertz CT molecular complexity index is 821. The highest BCUT2D eigenvalue weighted by Crippen LogP contribution is 2.29. The molecule has 2 aromatic carbocycles. The molecule has 0 aliphatic carbocycles. The van der Waals surface area contributed by atoms with Gasteiger partial charge in [0, 0.05) is 12.5 Å². The SMILES string of the molecule is COc1ccc(OCCCC(=O)Oc2ccc(/C=C\C#N)cc2OC)cc1. The van der Waals surface area contributed by atoms with Crippen LogP contribution in [0.2, 0.25) is 0 Å². The van der Waals surface area contributed by atoms with Gasteiger partial charge in [-0.15, -0.1) is 0 Å². The maximum Gasteiger partial charge on any atom is 0.311 e. The van der Waals surface area contributed by atoms with E-state index in [0.717, 1.165) is 11.3 Å². The van der Waals surface area contributed by atoms with Gasteiger partial charge in [-0.05, 0) is 54.5 Å². The summed E-state index contributed by atoms with van der Waals surface area (Å²) >= 11 is 0. The number of esters is 1. The molecule has 2 aromatic rings. The lowest BCUT2D eigenvalue weighted by atomic mass is 10.2. The van der Waals surface area contributed by atoms with Crippen molar-refractivity contribution in [3.8, 4) is 29.1 Å². The predicted molar refractivity (Wildman–Crippen MR) is 101 cm³/mol. The van der Waals surface area contributed by atoms with Crippen molar-refractivity contribution in [3.05, 3.63) is 54.1 Å². The van der Waals surface area contributed by atoms with Gasteiger partial charge >= 0.3 is 5.97 Å². The lowest BCUT2D eigenvalue weighted by molar-refractivity contribution is -0.134. The Balaban J connectivity index is 1.81. The Morgan fingerprint density at radius 3 is 2.44 bits per heavy atom. The quantitative estimate of drug-likeness (QED) is 0.288. The van der Waals surface area contributed by atoms with Gasteiger partial charge in [0.25, 0.3) is 0 Å². The summed E-state index contributed by atoms with van der Waals surface area (Å²) in [5.41, 5.74) is 0.779. The molecule has 0 saturated carbocycles. The zero-order valence-electron chi connectivity index (χ0n) is 15.3. The Kier molecular flexibility index (Phi) is 7.73. The van der Waals surface area contributed by atoms with Crippen molar-refractivity contribution in [2.45, 2.75) is 12.8 Å². The minimum absolute atomic E-state index is 0.218. The summed E-state index contributed by atoms with van der Waals surface area (Å²) in [7, 11) is 3.10. The molecule has 0 amide bonds. The van der Waals surface area contributed by atoms with Gasteiger partial charge in [0.05, 0.1) is 26.9 Å². The summed E-state index contributed by atoms with van der Waals surface area (Å²) in [4.78, 5) is 12.0. The first-order chi connectivity index (χ1) is 13.2. The van der Waals surface area contributed by atoms with Crippen LogP contribution in [0.25, 0.3) is 6.08 Å². The van der Waals surface area contributed by atoms with Crippen LogP contribution < -0.4 is 18.9 Å². The largest absolute Gasteiger partial charge is 0.497 e. The third-order valence-corrected chi connectivity index (χ3v) is 3.62. The minimum Gasteiger partial charge on any atom is -0.497 e. The molecule has 0 atom stereocenters. The summed E-state index contributed by atoms with van der Waals surface area (Å²) < 4.78 is 21.3. The van der Waals surface area contributed by atoms with Crippen molar-refractivity contribution in [2.24, 2.45) is 0 Å². The molecular weight excluding hydrogens is 346 g/mol. The number of carbonyl (C=O) groups excluding carboxylic acids is 1. The summed E-state index contributed by atoms with van der Waals surface area (Å²) in [5.74, 6) is 1.87. The highest BCUT2D eigenvalue weighted by atomic mass is 16.6. The fourth-order valence-corrected chi connectivity index (χ4v) is 2.26. The van der Waals surface area contributed by atoms with E-state index in [-0.39, 0.29) is 12.4 Å². The molecule has 27 heavy (non-hydrogen) atoms. The van der Waals surface area contributed by atoms with Gasteiger partial charge in [-0.2, -0.15) is 5.26 Å². The Labute approximate surface area is 158 Å². The molecule has 0 unspecified atom stereocenters. The van der Waals surface area contributed by atoms with Gasteiger partial charge < -0.3 is 18.9 Å². The van der Waals surface area contributed by atoms with E-state index in [2.05, 4.69) is 0 Å². The monoisotopic (exact) mass is 367 g/mol. The van der Waals surface area contributed by atoms with Crippen molar-refractivity contribution in [1.82, 2.24) is 0 Å². The van der Waals surface area contributed by atoms with Crippen LogP contribution in [0.1, 0.15) is 18.4 Å². The average Bonchev–Trinajstić information content (AvgIpc) is 2.70. The number of allylic oxidation sites excluding steroid dienone is 1. The van der Waals surface area contributed by atoms with Crippen molar-refractivity contribution in [2.75, 3.05) is 20.8 Å². The number of ether oxygens (including phenoxy) is 4. The number of nitrogens with zero attached hydrogens (tertiary/aromatic N) is 1. The number of nitriles is 1. The highest BCUT2D eigenvalue weighted by Gasteiger charge is 2.10. The standard InChI is InChI=1S/C21H21NO5/c1-24-17-8-10-18(11-9-17)26-14-4-6-21(23)27-19-12-7-16(5-3-13-22)15-20(19)25-2/h3,5,7-12,15H,4,6,14H2,1-2H3/b5-3-. The maximum absolute atomic E-state index is 12.0. The van der Waals surface area contributed by atoms with Gasteiger partial charge in [-0.25, -0.2) is 0 Å². The molecule has 6 heteroatoms. The molecule has 2 rings (SSSR count). The topological polar surface area (TPSA) is 77.8 Å². The number of methoxy groups -OCH3 is 2. The Morgan fingerprint density at radius 2 is 1.78 bits per heavy atom. The molecular formula is C21H21NO5. The van der Waals surface area contributed by atoms with Crippen LogP contribution >= 0.6 is 0 Å². The average molecular weight is 367 g/mol. The van der Waals surface area contributed by atoms with Crippen molar-refractivity contribution >= 4 is 12.0 Å². The number of rotatable bonds is 9. The first-order valence-electron chi connectivity index (χ1n) is 8.38. The lowest BCUT2D eigenvalue weighted by Gasteiger charge is -2.10. The molecule has 6 nitrogen and oxygen atoms in total. The van der Waals surface area contributed by atoms with Crippen molar-refractivity contribution < 1.29 is 23.7 Å². The fraction of sp³-hybridized carbons (Fsp3) is 0.238. The summed E-state index contributed by atoms with van der Waals surface area (Å²) in [6.45, 7) is 0.399. The van der Waals surface area contributed by atoms with E-state index in [1.807, 2.05) is 30.3 Å². The van der Waals surface area contributed by atoms with Crippen molar-refractivity contribution in [1.29, 1.82) is 5.26 Å². The second-order valence-electron chi connectivity index (χ2n) is 5.47. The smallest absolute Gasteiger partial charge is 0.311 e. The zero-order chi connectivity index (χ0) is 19.5. The van der Waals surface area contributed by atoms with E-state index in [1.165, 1.54) is 13.2 Å². The summed E-state index contributed by atoms with van der Waals surface area (Å²) in [6, 6.07) is 14.2. The second-order valence-corrected chi connectivity index (χ2v) is 5.47. The molecule has 0 radical (unpaired) electrons. The fourth-order valence-electron chi connectivity index (χ4n) is 2.26. The third-order valence-electron chi connectivity index (χ3n) is 3.62. The van der Waals surface area contributed by atoms with Gasteiger partial charge in [0.1, 0.15) is 11.5 Å². The second kappa shape index (κ2) is 10.5. The van der Waals surface area contributed by atoms with Crippen LogP contribution in [-0.4, -0.2) is 26.8 Å². The minimum atomic E-state index is -0.369. The molecule has 0 aromatic heterocycles. The number of hydrogen-bond acceptors (Lipinski definition) is 6. The zero-order valence-corrected chi connectivity index (χ0v) is 15.3. The van der Waals surface area contributed by atoms with Crippen LogP contribution in [0.5, 0.6) is 23.0 Å². The van der Waals surface area contributed by atoms with Gasteiger partial charge in [-0.1, -0.05) is 6.07 Å². The normalized spacial score (nSPS) is 10.3. The van der Waals surface area contributed by atoms with Crippen LogP contribution in [0.3, 0.4) is 0 Å². The van der Waals surface area contributed by atoms with E-state index < -0.39 is 0 Å². The molecule has 0 bridgehead atoms. The molecule has 0 aliphatic heterocycles. The van der Waals surface area contributed by atoms with E-state index in [4.69, 9.17) is 24.2 Å². The van der Waals surface area contributed by atoms with Gasteiger partial charge in [-0.3, -0.25) is 4.79 Å². The molecule has 0 fully saturated rings. The predicted octanol–water partition coefficient (Wildman–Crippen LogP) is 4.01. The first-order valence-corrected chi connectivity index (χ1v) is 8.38. The third kappa shape index (κ3) is 6.40. The number of carbonyl (C=O) groups is 1. The molecule has 0 aliphatic rings. The first kappa shape index (κ1) is 19.9. The molecule has 0 heterocycles. The highest BCUT2D eigenvalue weighted by molar-refractivity contribution is 5.73. The number of hydrogen-bond donors (Lipinski definition) is 0. The van der Waals surface area contributed by atoms with Crippen LogP contribution in [0.4, 0.5) is 0 Å². The molecule has 140 valence electrons. The molecule has 0 N–H and O–H groups in total. The van der Waals surface area contributed by atoms with Crippen LogP contribution in [0.15, 0.2) is 48.5 Å². The van der Waals surface area contributed by atoms with E-state index in [9.17, 15) is 4.79 Å². The van der Waals surface area contributed by atoms with E-state index >= 15 is 0 Å². The molecule has 0 saturated heterocycles. The Hall–Kier alpha value is -3.46.